The Morgan fingerprint density at radius 2 is 2.00 bits per heavy atom. The van der Waals surface area contributed by atoms with Crippen LogP contribution in [0.4, 0.5) is 5.00 Å². The number of carbonyl (C=O) groups is 3. The SMILES string of the molecule is COC(=O)c1c(-c2ccco2)csc1NC(=O)[C@H]1CC=CC[C@@H]1C(=O)[O-]. The third kappa shape index (κ3) is 3.41. The monoisotopic (exact) mass is 374 g/mol. The molecular weight excluding hydrogens is 358 g/mol. The Labute approximate surface area is 153 Å². The van der Waals surface area contributed by atoms with E-state index in [-0.39, 0.29) is 12.0 Å². The van der Waals surface area contributed by atoms with Crippen LogP contribution in [-0.4, -0.2) is 25.0 Å². The maximum Gasteiger partial charge on any atom is 0.341 e. The van der Waals surface area contributed by atoms with Gasteiger partial charge in [0.05, 0.1) is 19.3 Å². The Morgan fingerprint density at radius 3 is 2.62 bits per heavy atom. The van der Waals surface area contributed by atoms with E-state index in [4.69, 9.17) is 9.15 Å². The maximum absolute atomic E-state index is 12.6. The van der Waals surface area contributed by atoms with Crippen molar-refractivity contribution < 1.29 is 28.6 Å². The van der Waals surface area contributed by atoms with Crippen LogP contribution in [0.25, 0.3) is 11.3 Å². The molecule has 0 spiro atoms. The number of thiophene rings is 1. The van der Waals surface area contributed by atoms with Crippen LogP contribution in [0.3, 0.4) is 0 Å². The van der Waals surface area contributed by atoms with E-state index >= 15 is 0 Å². The van der Waals surface area contributed by atoms with Gasteiger partial charge < -0.3 is 24.4 Å². The van der Waals surface area contributed by atoms with Crippen LogP contribution in [0.2, 0.25) is 0 Å². The highest BCUT2D eigenvalue weighted by Crippen LogP contribution is 2.37. The van der Waals surface area contributed by atoms with Gasteiger partial charge in [0.1, 0.15) is 16.3 Å². The molecule has 0 radical (unpaired) electrons. The number of nitrogens with one attached hydrogen (secondary N) is 1. The lowest BCUT2D eigenvalue weighted by Gasteiger charge is -2.28. The van der Waals surface area contributed by atoms with Crippen LogP contribution in [-0.2, 0) is 14.3 Å². The van der Waals surface area contributed by atoms with Gasteiger partial charge in [-0.05, 0) is 25.0 Å². The number of esters is 1. The summed E-state index contributed by atoms with van der Waals surface area (Å²) in [5.74, 6) is -3.54. The Kier molecular flexibility index (Phi) is 5.22. The average molecular weight is 374 g/mol. The van der Waals surface area contributed by atoms with Gasteiger partial charge in [0.2, 0.25) is 5.91 Å². The van der Waals surface area contributed by atoms with Crippen molar-refractivity contribution in [2.45, 2.75) is 12.8 Å². The summed E-state index contributed by atoms with van der Waals surface area (Å²) in [6.45, 7) is 0. The normalized spacial score (nSPS) is 19.1. The number of anilines is 1. The molecule has 0 saturated heterocycles. The fourth-order valence-corrected chi connectivity index (χ4v) is 3.88. The topological polar surface area (TPSA) is 109 Å². The van der Waals surface area contributed by atoms with Crippen molar-refractivity contribution in [1.29, 1.82) is 0 Å². The highest BCUT2D eigenvalue weighted by Gasteiger charge is 2.31. The number of aliphatic carboxylic acids is 1. The fourth-order valence-electron chi connectivity index (χ4n) is 2.94. The number of amides is 1. The van der Waals surface area contributed by atoms with Gasteiger partial charge in [0.25, 0.3) is 0 Å². The van der Waals surface area contributed by atoms with Gasteiger partial charge in [-0.2, -0.15) is 0 Å². The molecule has 3 rings (SSSR count). The number of hydrogen-bond acceptors (Lipinski definition) is 7. The van der Waals surface area contributed by atoms with E-state index in [9.17, 15) is 19.5 Å². The molecule has 1 N–H and O–H groups in total. The Bertz CT molecular complexity index is 851. The van der Waals surface area contributed by atoms with Gasteiger partial charge in [-0.25, -0.2) is 4.79 Å². The first kappa shape index (κ1) is 17.9. The van der Waals surface area contributed by atoms with Crippen molar-refractivity contribution in [2.75, 3.05) is 12.4 Å². The summed E-state index contributed by atoms with van der Waals surface area (Å²) < 4.78 is 10.1. The number of carbonyl (C=O) groups excluding carboxylic acids is 3. The van der Waals surface area contributed by atoms with Gasteiger partial charge in [0, 0.05) is 22.8 Å². The molecule has 0 bridgehead atoms. The molecule has 0 saturated carbocycles. The minimum Gasteiger partial charge on any atom is -0.550 e. The van der Waals surface area contributed by atoms with Crippen LogP contribution in [0.15, 0.2) is 40.3 Å². The van der Waals surface area contributed by atoms with Crippen molar-refractivity contribution in [2.24, 2.45) is 11.8 Å². The molecule has 26 heavy (non-hydrogen) atoms. The highest BCUT2D eigenvalue weighted by atomic mass is 32.1. The van der Waals surface area contributed by atoms with Crippen LogP contribution < -0.4 is 10.4 Å². The lowest BCUT2D eigenvalue weighted by molar-refractivity contribution is -0.313. The third-order valence-electron chi connectivity index (χ3n) is 4.28. The fraction of sp³-hybridized carbons (Fsp3) is 0.278. The lowest BCUT2D eigenvalue weighted by Crippen LogP contribution is -2.41. The maximum atomic E-state index is 12.6. The predicted octanol–water partition coefficient (Wildman–Crippen LogP) is 2.07. The summed E-state index contributed by atoms with van der Waals surface area (Å²) >= 11 is 1.15. The number of furan rings is 1. The minimum absolute atomic E-state index is 0.178. The van der Waals surface area contributed by atoms with Crippen LogP contribution >= 0.6 is 11.3 Å². The summed E-state index contributed by atoms with van der Waals surface area (Å²) in [6.07, 6.45) is 5.52. The zero-order valence-electron chi connectivity index (χ0n) is 13.9. The number of ether oxygens (including phenoxy) is 1. The molecular formula is C18H16NO6S-. The van der Waals surface area contributed by atoms with E-state index in [2.05, 4.69) is 5.32 Å². The van der Waals surface area contributed by atoms with Gasteiger partial charge >= 0.3 is 5.97 Å². The first-order valence-corrected chi connectivity index (χ1v) is 8.81. The largest absolute Gasteiger partial charge is 0.550 e. The van der Waals surface area contributed by atoms with Crippen molar-refractivity contribution >= 4 is 34.2 Å². The van der Waals surface area contributed by atoms with Gasteiger partial charge in [-0.3, -0.25) is 4.79 Å². The molecule has 1 aliphatic carbocycles. The van der Waals surface area contributed by atoms with E-state index in [1.54, 1.807) is 29.7 Å². The summed E-state index contributed by atoms with van der Waals surface area (Å²) in [5, 5.41) is 15.9. The highest BCUT2D eigenvalue weighted by molar-refractivity contribution is 7.15. The lowest BCUT2D eigenvalue weighted by atomic mass is 9.82. The number of allylic oxidation sites excluding steroid dienone is 2. The number of carboxylic acids is 1. The molecule has 0 unspecified atom stereocenters. The summed E-state index contributed by atoms with van der Waals surface area (Å²) in [4.78, 5) is 36.1. The van der Waals surface area contributed by atoms with Crippen LogP contribution in [0.1, 0.15) is 23.2 Å². The summed E-state index contributed by atoms with van der Waals surface area (Å²) in [7, 11) is 1.25. The van der Waals surface area contributed by atoms with E-state index in [0.717, 1.165) is 11.3 Å². The van der Waals surface area contributed by atoms with Gasteiger partial charge in [0.15, 0.2) is 0 Å². The van der Waals surface area contributed by atoms with Gasteiger partial charge in [-0.1, -0.05) is 12.2 Å². The van der Waals surface area contributed by atoms with Gasteiger partial charge in [-0.15, -0.1) is 11.3 Å². The van der Waals surface area contributed by atoms with E-state index in [1.807, 2.05) is 0 Å². The van der Waals surface area contributed by atoms with Crippen molar-refractivity contribution in [3.05, 3.63) is 41.5 Å². The third-order valence-corrected chi connectivity index (χ3v) is 5.17. The molecule has 0 fully saturated rings. The molecule has 2 aromatic rings. The molecule has 0 aliphatic heterocycles. The second-order valence-corrected chi connectivity index (χ2v) is 6.67. The summed E-state index contributed by atoms with van der Waals surface area (Å²) in [6, 6.07) is 3.38. The van der Waals surface area contributed by atoms with Crippen molar-refractivity contribution in [3.63, 3.8) is 0 Å². The zero-order chi connectivity index (χ0) is 18.7. The molecule has 136 valence electrons. The average Bonchev–Trinajstić information content (AvgIpc) is 3.30. The Hall–Kier alpha value is -2.87. The molecule has 0 aromatic carbocycles. The predicted molar refractivity (Wildman–Crippen MR) is 92.4 cm³/mol. The van der Waals surface area contributed by atoms with E-state index in [0.29, 0.717) is 22.7 Å². The molecule has 2 atom stereocenters. The molecule has 2 aromatic heterocycles. The first-order valence-electron chi connectivity index (χ1n) is 7.93. The quantitative estimate of drug-likeness (QED) is 0.634. The van der Waals surface area contributed by atoms with E-state index in [1.165, 1.54) is 13.4 Å². The standard InChI is InChI=1S/C18H17NO6S/c1-24-18(23)14-12(13-7-4-8-25-13)9-26-16(14)19-15(20)10-5-2-3-6-11(10)17(21)22/h2-4,7-11H,5-6H2,1H3,(H,19,20)(H,21,22)/p-1/t10-,11-/m0/s1. The number of rotatable bonds is 5. The number of hydrogen-bond donors (Lipinski definition) is 1. The minimum atomic E-state index is -1.26. The van der Waals surface area contributed by atoms with Crippen LogP contribution in [0, 0.1) is 11.8 Å². The van der Waals surface area contributed by atoms with Crippen molar-refractivity contribution in [1.82, 2.24) is 0 Å². The number of carboxylic acid groups (broad SMARTS) is 1. The molecule has 7 nitrogen and oxygen atoms in total. The first-order chi connectivity index (χ1) is 12.5. The Balaban J connectivity index is 1.90. The second-order valence-electron chi connectivity index (χ2n) is 5.79. The zero-order valence-corrected chi connectivity index (χ0v) is 14.7. The van der Waals surface area contributed by atoms with Crippen LogP contribution in [0.5, 0.6) is 0 Å². The number of methoxy groups -OCH3 is 1. The second kappa shape index (κ2) is 7.57. The molecule has 1 amide bonds. The smallest absolute Gasteiger partial charge is 0.341 e. The van der Waals surface area contributed by atoms with E-state index < -0.39 is 29.7 Å². The molecule has 8 heteroatoms. The Morgan fingerprint density at radius 1 is 1.27 bits per heavy atom. The molecule has 2 heterocycles. The molecule has 1 aliphatic rings. The van der Waals surface area contributed by atoms with Crippen molar-refractivity contribution in [3.8, 4) is 11.3 Å². The summed E-state index contributed by atoms with van der Waals surface area (Å²) in [5.41, 5.74) is 0.680.